The van der Waals surface area contributed by atoms with Crippen LogP contribution in [0.3, 0.4) is 0 Å². The van der Waals surface area contributed by atoms with Gasteiger partial charge in [0, 0.05) is 37.1 Å². The van der Waals surface area contributed by atoms with E-state index in [0.29, 0.717) is 37.7 Å². The molecule has 0 radical (unpaired) electrons. The number of pyridine rings is 1. The molecule has 1 aliphatic rings. The smallest absolute Gasteiger partial charge is 0.311 e. The molecule has 10 nitrogen and oxygen atoms in total. The molecule has 0 unspecified atom stereocenters. The highest BCUT2D eigenvalue weighted by Crippen LogP contribution is 2.31. The van der Waals surface area contributed by atoms with Crippen LogP contribution < -0.4 is 10.6 Å². The van der Waals surface area contributed by atoms with Crippen molar-refractivity contribution in [2.24, 2.45) is 0 Å². The van der Waals surface area contributed by atoms with E-state index in [1.165, 1.54) is 0 Å². The Hall–Kier alpha value is -3.57. The zero-order valence-electron chi connectivity index (χ0n) is 18.2. The van der Waals surface area contributed by atoms with Gasteiger partial charge >= 0.3 is 11.8 Å². The number of benzene rings is 1. The third-order valence-corrected chi connectivity index (χ3v) is 5.88. The zero-order valence-corrected chi connectivity index (χ0v) is 19.1. The number of thiazole rings is 1. The van der Waals surface area contributed by atoms with Gasteiger partial charge in [-0.2, -0.15) is 0 Å². The molecule has 4 aromatic rings. The first-order valence-electron chi connectivity index (χ1n) is 10.6. The van der Waals surface area contributed by atoms with Crippen LogP contribution in [-0.2, 0) is 4.74 Å². The van der Waals surface area contributed by atoms with Crippen molar-refractivity contribution < 1.29 is 13.9 Å². The summed E-state index contributed by atoms with van der Waals surface area (Å²) >= 11 is 1.59. The number of morpholine rings is 1. The maximum Gasteiger partial charge on any atom is 0.311 e. The Bertz CT molecular complexity index is 1280. The number of nitrogens with one attached hydrogen (secondary N) is 2. The monoisotopic (exact) mass is 465 g/mol. The first kappa shape index (κ1) is 21.3. The van der Waals surface area contributed by atoms with Crippen molar-refractivity contribution in [3.05, 3.63) is 41.9 Å². The van der Waals surface area contributed by atoms with Crippen LogP contribution in [-0.4, -0.2) is 63.3 Å². The fourth-order valence-electron chi connectivity index (χ4n) is 3.53. The molecule has 0 aliphatic carbocycles. The second kappa shape index (κ2) is 9.12. The third kappa shape index (κ3) is 4.64. The van der Waals surface area contributed by atoms with E-state index in [2.05, 4.69) is 30.8 Å². The number of nitrogens with zero attached hydrogens (tertiary/aromatic N) is 5. The lowest BCUT2D eigenvalue weighted by atomic mass is 10.2. The van der Waals surface area contributed by atoms with Crippen LogP contribution in [0.1, 0.15) is 24.5 Å². The molecule has 1 amide bonds. The van der Waals surface area contributed by atoms with Crippen molar-refractivity contribution >= 4 is 44.7 Å². The minimum atomic E-state index is -0.292. The van der Waals surface area contributed by atoms with Crippen LogP contribution in [0.25, 0.3) is 21.7 Å². The number of carbonyl (C=O) groups excluding carboxylic acids is 1. The van der Waals surface area contributed by atoms with E-state index in [4.69, 9.17) is 9.15 Å². The van der Waals surface area contributed by atoms with E-state index in [-0.39, 0.29) is 23.7 Å². The number of carbonyl (C=O) groups is 1. The summed E-state index contributed by atoms with van der Waals surface area (Å²) in [5.74, 6) is 0.567. The van der Waals surface area contributed by atoms with Crippen LogP contribution in [0.4, 0.5) is 17.2 Å². The average molecular weight is 466 g/mol. The Kier molecular flexibility index (Phi) is 5.88. The van der Waals surface area contributed by atoms with Crippen LogP contribution >= 0.6 is 11.3 Å². The van der Waals surface area contributed by atoms with Crippen molar-refractivity contribution in [3.63, 3.8) is 0 Å². The molecular weight excluding hydrogens is 442 g/mol. The number of rotatable bonds is 6. The van der Waals surface area contributed by atoms with Crippen LogP contribution in [0.15, 0.2) is 40.4 Å². The van der Waals surface area contributed by atoms with Gasteiger partial charge in [-0.15, -0.1) is 21.5 Å². The van der Waals surface area contributed by atoms with Gasteiger partial charge in [0.05, 0.1) is 40.2 Å². The van der Waals surface area contributed by atoms with Gasteiger partial charge in [0.15, 0.2) is 0 Å². The van der Waals surface area contributed by atoms with Crippen molar-refractivity contribution in [2.75, 3.05) is 36.9 Å². The largest absolute Gasteiger partial charge is 0.412 e. The number of ether oxygens (including phenoxy) is 1. The molecule has 0 saturated carbocycles. The summed E-state index contributed by atoms with van der Waals surface area (Å²) in [5.41, 5.74) is 5.11. The fourth-order valence-corrected chi connectivity index (χ4v) is 4.24. The Labute approximate surface area is 194 Å². The van der Waals surface area contributed by atoms with E-state index in [9.17, 15) is 4.79 Å². The highest BCUT2D eigenvalue weighted by atomic mass is 32.1. The summed E-state index contributed by atoms with van der Waals surface area (Å²) in [6, 6.07) is 8.03. The Morgan fingerprint density at radius 2 is 2.00 bits per heavy atom. The quantitative estimate of drug-likeness (QED) is 0.438. The number of hydrogen-bond donors (Lipinski definition) is 2. The van der Waals surface area contributed by atoms with Crippen molar-refractivity contribution in [2.45, 2.75) is 19.9 Å². The Morgan fingerprint density at radius 3 is 2.82 bits per heavy atom. The molecule has 33 heavy (non-hydrogen) atoms. The molecule has 0 bridgehead atoms. The number of aromatic nitrogens is 4. The molecule has 1 saturated heterocycles. The minimum absolute atomic E-state index is 0.0394. The van der Waals surface area contributed by atoms with Gasteiger partial charge in [-0.1, -0.05) is 0 Å². The number of amides is 1. The van der Waals surface area contributed by atoms with Crippen LogP contribution in [0.5, 0.6) is 0 Å². The Balaban J connectivity index is 1.41. The van der Waals surface area contributed by atoms with Gasteiger partial charge in [0.2, 0.25) is 0 Å². The highest BCUT2D eigenvalue weighted by molar-refractivity contribution is 7.16. The molecule has 4 heterocycles. The van der Waals surface area contributed by atoms with E-state index in [1.54, 1.807) is 22.4 Å². The molecule has 2 N–H and O–H groups in total. The molecule has 3 aromatic heterocycles. The number of anilines is 3. The molecule has 1 aliphatic heterocycles. The predicted molar refractivity (Wildman–Crippen MR) is 126 cm³/mol. The normalized spacial score (nSPS) is 14.1. The maximum absolute atomic E-state index is 12.7. The fraction of sp³-hybridized carbons (Fsp3) is 0.318. The van der Waals surface area contributed by atoms with Crippen molar-refractivity contribution in [3.8, 4) is 11.5 Å². The van der Waals surface area contributed by atoms with Crippen LogP contribution in [0, 0.1) is 0 Å². The van der Waals surface area contributed by atoms with Gasteiger partial charge in [-0.3, -0.25) is 4.79 Å². The molecule has 11 heteroatoms. The topological polar surface area (TPSA) is 118 Å². The highest BCUT2D eigenvalue weighted by Gasteiger charge is 2.25. The average Bonchev–Trinajstić information content (AvgIpc) is 3.48. The summed E-state index contributed by atoms with van der Waals surface area (Å²) in [6.07, 6.45) is 1.66. The van der Waals surface area contributed by atoms with Crippen molar-refractivity contribution in [1.82, 2.24) is 25.1 Å². The van der Waals surface area contributed by atoms with E-state index >= 15 is 0 Å². The molecular formula is C22H23N7O3S. The predicted octanol–water partition coefficient (Wildman–Crippen LogP) is 3.78. The number of fused-ring (bicyclic) bond motifs is 1. The lowest BCUT2D eigenvalue weighted by Gasteiger charge is -2.25. The molecule has 170 valence electrons. The van der Waals surface area contributed by atoms with E-state index in [1.807, 2.05) is 43.6 Å². The summed E-state index contributed by atoms with van der Waals surface area (Å²) in [7, 11) is 0. The SMILES string of the molecule is CC(C)Nc1cc(Nc2ccc3ncsc3c2)ncc1-c1nnc(C(=O)N2CCOCC2)o1. The summed E-state index contributed by atoms with van der Waals surface area (Å²) in [5, 5.41) is 14.8. The van der Waals surface area contributed by atoms with E-state index in [0.717, 1.165) is 21.6 Å². The third-order valence-electron chi connectivity index (χ3n) is 5.09. The summed E-state index contributed by atoms with van der Waals surface area (Å²) < 4.78 is 12.1. The van der Waals surface area contributed by atoms with E-state index < -0.39 is 0 Å². The second-order valence-corrected chi connectivity index (χ2v) is 8.78. The molecule has 1 fully saturated rings. The summed E-state index contributed by atoms with van der Waals surface area (Å²) in [4.78, 5) is 23.2. The molecule has 0 spiro atoms. The molecule has 0 atom stereocenters. The van der Waals surface area contributed by atoms with Gasteiger partial charge in [0.1, 0.15) is 5.82 Å². The van der Waals surface area contributed by atoms with Gasteiger partial charge in [-0.25, -0.2) is 9.97 Å². The van der Waals surface area contributed by atoms with Crippen molar-refractivity contribution in [1.29, 1.82) is 0 Å². The number of hydrogen-bond acceptors (Lipinski definition) is 10. The lowest BCUT2D eigenvalue weighted by molar-refractivity contribution is 0.0278. The minimum Gasteiger partial charge on any atom is -0.412 e. The first-order chi connectivity index (χ1) is 16.1. The standard InChI is InChI=1S/C22H23N7O3S/c1-13(2)25-17-10-19(26-14-3-4-16-18(9-14)33-12-24-16)23-11-15(17)20-27-28-21(32-20)22(30)29-5-7-31-8-6-29/h3-4,9-13H,5-8H2,1-2H3,(H2,23,25,26). The summed E-state index contributed by atoms with van der Waals surface area (Å²) in [6.45, 7) is 6.09. The Morgan fingerprint density at radius 1 is 1.15 bits per heavy atom. The van der Waals surface area contributed by atoms with Gasteiger partial charge in [-0.05, 0) is 32.0 Å². The maximum atomic E-state index is 12.7. The second-order valence-electron chi connectivity index (χ2n) is 7.89. The van der Waals surface area contributed by atoms with Gasteiger partial charge in [0.25, 0.3) is 5.89 Å². The van der Waals surface area contributed by atoms with Crippen LogP contribution in [0.2, 0.25) is 0 Å². The molecule has 5 rings (SSSR count). The zero-order chi connectivity index (χ0) is 22.8. The lowest BCUT2D eigenvalue weighted by Crippen LogP contribution is -2.40. The first-order valence-corrected chi connectivity index (χ1v) is 11.5. The van der Waals surface area contributed by atoms with Gasteiger partial charge < -0.3 is 24.7 Å². The molecule has 1 aromatic carbocycles.